The fourth-order valence-corrected chi connectivity index (χ4v) is 5.39. The van der Waals surface area contributed by atoms with Crippen LogP contribution in [0.3, 0.4) is 0 Å². The van der Waals surface area contributed by atoms with E-state index in [1.807, 2.05) is 14.0 Å². The predicted octanol–water partition coefficient (Wildman–Crippen LogP) is 3.27. The Hall–Kier alpha value is -0.880. The van der Waals surface area contributed by atoms with Crippen LogP contribution < -0.4 is 10.6 Å². The van der Waals surface area contributed by atoms with Gasteiger partial charge in [0, 0.05) is 51.7 Å². The number of nitrogens with one attached hydrogen (secondary N) is 2. The van der Waals surface area contributed by atoms with E-state index in [0.717, 1.165) is 43.9 Å². The van der Waals surface area contributed by atoms with Crippen LogP contribution in [0.1, 0.15) is 51.3 Å². The molecule has 0 aromatic carbocycles. The van der Waals surface area contributed by atoms with E-state index < -0.39 is 10.8 Å². The molecule has 0 radical (unpaired) electrons. The normalized spacial score (nSPS) is 23.8. The molecule has 0 saturated heterocycles. The highest BCUT2D eigenvalue weighted by molar-refractivity contribution is 7.85. The summed E-state index contributed by atoms with van der Waals surface area (Å²) in [6, 6.07) is 4.66. The molecule has 1 saturated carbocycles. The Bertz CT molecular complexity index is 555. The highest BCUT2D eigenvalue weighted by Gasteiger charge is 2.27. The minimum atomic E-state index is -0.688. The Morgan fingerprint density at radius 1 is 1.46 bits per heavy atom. The SMILES string of the molecule is CCS(=O)C1CCCC(NC(=NC)NCC(C)(C)c2cccs2)C1. The van der Waals surface area contributed by atoms with Gasteiger partial charge in [-0.15, -0.1) is 11.3 Å². The number of rotatable bonds is 6. The molecule has 4 nitrogen and oxygen atoms in total. The average molecular weight is 370 g/mol. The number of thiophene rings is 1. The van der Waals surface area contributed by atoms with Crippen molar-refractivity contribution in [3.63, 3.8) is 0 Å². The van der Waals surface area contributed by atoms with Crippen LogP contribution in [0.5, 0.6) is 0 Å². The van der Waals surface area contributed by atoms with Gasteiger partial charge in [0.2, 0.25) is 0 Å². The summed E-state index contributed by atoms with van der Waals surface area (Å²) in [5.41, 5.74) is 0.0740. The van der Waals surface area contributed by atoms with Crippen LogP contribution >= 0.6 is 11.3 Å². The Labute approximate surface area is 153 Å². The molecule has 0 bridgehead atoms. The summed E-state index contributed by atoms with van der Waals surface area (Å²) in [7, 11) is 1.13. The van der Waals surface area contributed by atoms with E-state index in [-0.39, 0.29) is 5.41 Å². The van der Waals surface area contributed by atoms with Crippen molar-refractivity contribution >= 4 is 28.1 Å². The Balaban J connectivity index is 1.87. The highest BCUT2D eigenvalue weighted by Crippen LogP contribution is 2.27. The average Bonchev–Trinajstić information content (AvgIpc) is 3.13. The summed E-state index contributed by atoms with van der Waals surface area (Å²) in [5.74, 6) is 1.62. The van der Waals surface area contributed by atoms with Crippen molar-refractivity contribution in [1.82, 2.24) is 10.6 Å². The maximum Gasteiger partial charge on any atom is 0.191 e. The van der Waals surface area contributed by atoms with Gasteiger partial charge in [0.25, 0.3) is 0 Å². The van der Waals surface area contributed by atoms with E-state index in [1.54, 1.807) is 11.3 Å². The fraction of sp³-hybridized carbons (Fsp3) is 0.722. The molecule has 136 valence electrons. The van der Waals surface area contributed by atoms with Crippen LogP contribution in [0.25, 0.3) is 0 Å². The van der Waals surface area contributed by atoms with Crippen LogP contribution in [0.4, 0.5) is 0 Å². The number of nitrogens with zero attached hydrogens (tertiary/aromatic N) is 1. The van der Waals surface area contributed by atoms with Crippen LogP contribution in [0, 0.1) is 0 Å². The summed E-state index contributed by atoms with van der Waals surface area (Å²) >= 11 is 1.80. The third-order valence-electron chi connectivity index (χ3n) is 4.73. The van der Waals surface area contributed by atoms with E-state index in [1.165, 1.54) is 4.88 Å². The predicted molar refractivity (Wildman–Crippen MR) is 107 cm³/mol. The summed E-state index contributed by atoms with van der Waals surface area (Å²) < 4.78 is 12.1. The molecule has 1 aromatic rings. The smallest absolute Gasteiger partial charge is 0.191 e. The summed E-state index contributed by atoms with van der Waals surface area (Å²) in [4.78, 5) is 5.75. The molecule has 1 aromatic heterocycles. The Kier molecular flexibility index (Phi) is 7.29. The van der Waals surface area contributed by atoms with Crippen molar-refractivity contribution in [3.05, 3.63) is 22.4 Å². The van der Waals surface area contributed by atoms with Crippen LogP contribution in [0.2, 0.25) is 0 Å². The number of hydrogen-bond acceptors (Lipinski definition) is 3. The van der Waals surface area contributed by atoms with Gasteiger partial charge < -0.3 is 10.6 Å². The monoisotopic (exact) mass is 369 g/mol. The largest absolute Gasteiger partial charge is 0.356 e. The maximum absolute atomic E-state index is 12.1. The first-order valence-electron chi connectivity index (χ1n) is 8.84. The van der Waals surface area contributed by atoms with Crippen LogP contribution in [-0.2, 0) is 16.2 Å². The minimum absolute atomic E-state index is 0.0740. The van der Waals surface area contributed by atoms with Gasteiger partial charge in [-0.05, 0) is 30.7 Å². The van der Waals surface area contributed by atoms with Gasteiger partial charge in [-0.3, -0.25) is 9.20 Å². The van der Waals surface area contributed by atoms with Gasteiger partial charge in [0.1, 0.15) is 0 Å². The topological polar surface area (TPSA) is 53.5 Å². The molecule has 1 aliphatic rings. The number of guanidine groups is 1. The van der Waals surface area contributed by atoms with Crippen molar-refractivity contribution < 1.29 is 4.21 Å². The maximum atomic E-state index is 12.1. The van der Waals surface area contributed by atoms with E-state index in [0.29, 0.717) is 11.3 Å². The molecule has 3 atom stereocenters. The first-order valence-corrected chi connectivity index (χ1v) is 11.1. The third kappa shape index (κ3) is 5.31. The molecule has 0 spiro atoms. The van der Waals surface area contributed by atoms with Crippen LogP contribution in [-0.4, -0.2) is 40.8 Å². The van der Waals surface area contributed by atoms with Gasteiger partial charge in [0.15, 0.2) is 5.96 Å². The molecule has 0 amide bonds. The van der Waals surface area contributed by atoms with E-state index in [4.69, 9.17) is 0 Å². The summed E-state index contributed by atoms with van der Waals surface area (Å²) in [6.45, 7) is 7.35. The third-order valence-corrected chi connectivity index (χ3v) is 7.71. The van der Waals surface area contributed by atoms with Gasteiger partial charge in [-0.1, -0.05) is 33.3 Å². The van der Waals surface area contributed by atoms with Gasteiger partial charge in [0.05, 0.1) is 0 Å². The van der Waals surface area contributed by atoms with Crippen molar-refractivity contribution in [2.45, 2.75) is 63.2 Å². The number of aliphatic imine (C=N–C) groups is 1. The lowest BCUT2D eigenvalue weighted by Crippen LogP contribution is -2.49. The zero-order chi connectivity index (χ0) is 17.6. The Morgan fingerprint density at radius 2 is 2.25 bits per heavy atom. The second-order valence-electron chi connectivity index (χ2n) is 7.09. The second-order valence-corrected chi connectivity index (χ2v) is 10.0. The zero-order valence-corrected chi connectivity index (χ0v) is 16.9. The molecule has 1 aliphatic carbocycles. The second kappa shape index (κ2) is 8.99. The quantitative estimate of drug-likeness (QED) is 0.598. The Morgan fingerprint density at radius 3 is 2.88 bits per heavy atom. The first-order chi connectivity index (χ1) is 11.5. The van der Waals surface area contributed by atoms with E-state index in [2.05, 4.69) is 47.0 Å². The van der Waals surface area contributed by atoms with Crippen molar-refractivity contribution in [1.29, 1.82) is 0 Å². The van der Waals surface area contributed by atoms with E-state index >= 15 is 0 Å². The molecule has 0 aliphatic heterocycles. The van der Waals surface area contributed by atoms with E-state index in [9.17, 15) is 4.21 Å². The summed E-state index contributed by atoms with van der Waals surface area (Å²) in [6.07, 6.45) is 4.35. The lowest BCUT2D eigenvalue weighted by molar-refractivity contribution is 0.411. The molecule has 6 heteroatoms. The molecule has 1 fully saturated rings. The van der Waals surface area contributed by atoms with Crippen molar-refractivity contribution in [3.8, 4) is 0 Å². The fourth-order valence-electron chi connectivity index (χ4n) is 3.19. The molecular formula is C18H31N3OS2. The number of hydrogen-bond donors (Lipinski definition) is 2. The van der Waals surface area contributed by atoms with Crippen molar-refractivity contribution in [2.24, 2.45) is 4.99 Å². The first kappa shape index (κ1) is 19.4. The minimum Gasteiger partial charge on any atom is -0.356 e. The molecule has 1 heterocycles. The highest BCUT2D eigenvalue weighted by atomic mass is 32.2. The standard InChI is InChI=1S/C18H31N3OS2/c1-5-24(22)15-9-6-8-14(12-15)21-17(19-4)20-13-18(2,3)16-10-7-11-23-16/h7,10-11,14-15H,5-6,8-9,12-13H2,1-4H3,(H2,19,20,21). The van der Waals surface area contributed by atoms with Crippen molar-refractivity contribution in [2.75, 3.05) is 19.3 Å². The summed E-state index contributed by atoms with van der Waals surface area (Å²) in [5, 5.41) is 9.47. The van der Waals surface area contributed by atoms with Gasteiger partial charge in [-0.2, -0.15) is 0 Å². The zero-order valence-electron chi connectivity index (χ0n) is 15.3. The molecular weight excluding hydrogens is 338 g/mol. The lowest BCUT2D eigenvalue weighted by Gasteiger charge is -2.31. The van der Waals surface area contributed by atoms with Gasteiger partial charge in [-0.25, -0.2) is 0 Å². The lowest BCUT2D eigenvalue weighted by atomic mass is 9.91. The molecule has 2 rings (SSSR count). The molecule has 3 unspecified atom stereocenters. The van der Waals surface area contributed by atoms with Crippen LogP contribution in [0.15, 0.2) is 22.5 Å². The molecule has 24 heavy (non-hydrogen) atoms. The molecule has 2 N–H and O–H groups in total. The van der Waals surface area contributed by atoms with Gasteiger partial charge >= 0.3 is 0 Å².